The minimum Gasteiger partial charge on any atom is -0.456 e. The van der Waals surface area contributed by atoms with Gasteiger partial charge in [0.1, 0.15) is 11.3 Å². The van der Waals surface area contributed by atoms with Gasteiger partial charge in [-0.25, -0.2) is 0 Å². The minimum absolute atomic E-state index is 0.0553. The minimum atomic E-state index is 0.0553. The summed E-state index contributed by atoms with van der Waals surface area (Å²) in [5.41, 5.74) is 21.6. The van der Waals surface area contributed by atoms with Crippen LogP contribution in [0.15, 0.2) is 181 Å². The summed E-state index contributed by atoms with van der Waals surface area (Å²) in [5.74, 6) is 0.983. The van der Waals surface area contributed by atoms with E-state index in [1.165, 1.54) is 115 Å². The summed E-state index contributed by atoms with van der Waals surface area (Å²) in [6, 6.07) is 48.7. The molecule has 0 spiro atoms. The summed E-state index contributed by atoms with van der Waals surface area (Å²) < 4.78 is 6.17. The zero-order valence-corrected chi connectivity index (χ0v) is 47.8. The van der Waals surface area contributed by atoms with E-state index in [2.05, 4.69) is 240 Å². The molecule has 1 heterocycles. The smallest absolute Gasteiger partial charge is 0.142 e. The Balaban J connectivity index is 0.000000219. The van der Waals surface area contributed by atoms with Gasteiger partial charge >= 0.3 is 0 Å². The molecule has 0 saturated carbocycles. The number of fused-ring (bicyclic) bond motifs is 4. The number of rotatable bonds is 10. The molecular formula is C72H90O. The van der Waals surface area contributed by atoms with Gasteiger partial charge in [-0.2, -0.15) is 0 Å². The topological polar surface area (TPSA) is 13.1 Å². The predicted molar refractivity (Wildman–Crippen MR) is 327 cm³/mol. The maximum atomic E-state index is 6.17. The van der Waals surface area contributed by atoms with Gasteiger partial charge in [0.2, 0.25) is 0 Å². The van der Waals surface area contributed by atoms with Crippen LogP contribution in [0.5, 0.6) is 0 Å². The second kappa shape index (κ2) is 29.3. The first kappa shape index (κ1) is 59.1. The van der Waals surface area contributed by atoms with Crippen molar-refractivity contribution >= 4 is 28.2 Å². The van der Waals surface area contributed by atoms with Crippen LogP contribution < -0.4 is 0 Å². The second-order valence-electron chi connectivity index (χ2n) is 20.2. The van der Waals surface area contributed by atoms with Crippen LogP contribution in [0, 0.1) is 13.8 Å². The molecule has 2 aliphatic rings. The summed E-state index contributed by atoms with van der Waals surface area (Å²) in [6.45, 7) is 36.2. The van der Waals surface area contributed by atoms with Crippen molar-refractivity contribution in [2.45, 2.75) is 160 Å². The second-order valence-corrected chi connectivity index (χ2v) is 20.2. The zero-order valence-electron chi connectivity index (χ0n) is 47.8. The fraction of sp³-hybridized carbons (Fsp3) is 0.333. The van der Waals surface area contributed by atoms with Gasteiger partial charge in [-0.15, -0.1) is 0 Å². The highest BCUT2D eigenvalue weighted by atomic mass is 16.3. The van der Waals surface area contributed by atoms with E-state index in [1.807, 2.05) is 46.8 Å². The summed E-state index contributed by atoms with van der Waals surface area (Å²) >= 11 is 0. The van der Waals surface area contributed by atoms with Gasteiger partial charge in [0.15, 0.2) is 0 Å². The molecule has 384 valence electrons. The standard InChI is InChI=1S/C26H28.C20H24O.C13H14.C9H12.2C2H6/c1-17-7-14-23-22(15-17)21-13-10-19(16-24(21)26(23,5)6)18-8-11-20(12-9-18)25(2,3)4;1-5-10-15(11-6-2)17-13-9-14-18-16(8-4)19(12-7-3)21-20(17)18;1-11-7-9-13(10-8-11)12-5-3-2-4-6-12;1-2-6-9-7-4-3-5-8-9;2*1-2/h7-16H,1-6H3;5,7,9-10,12-14H,1,6,8,11H2,2-4H3;2-3,5,7-10H,4,6H2,1H3;3-5,7-8H,2,6H2,1H3;2*1-2H3/b;12-7-,15-10+;;;;. The molecule has 0 N–H and O–H groups in total. The summed E-state index contributed by atoms with van der Waals surface area (Å²) in [6.07, 6.45) is 22.6. The molecule has 1 aromatic heterocycles. The van der Waals surface area contributed by atoms with E-state index in [1.54, 1.807) is 0 Å². The van der Waals surface area contributed by atoms with E-state index in [-0.39, 0.29) is 10.8 Å². The SMILES string of the molecule is C=C/C=C(\CCC)c1cccc2c(CC)c(/C=C\C)oc12.CC.CC.CCCc1ccccc1.Cc1ccc(C2=CC=CCC2)cc1.Cc1ccc2c(c1)-c1ccc(-c3ccc(C(C)(C)C)cc3)cc1C2(C)C. The Morgan fingerprint density at radius 2 is 1.34 bits per heavy atom. The summed E-state index contributed by atoms with van der Waals surface area (Å²) in [5, 5.41) is 1.23. The van der Waals surface area contributed by atoms with Crippen LogP contribution in [0.4, 0.5) is 0 Å². The van der Waals surface area contributed by atoms with Crippen LogP contribution in [0.1, 0.15) is 178 Å². The number of aryl methyl sites for hydroxylation is 4. The van der Waals surface area contributed by atoms with Gasteiger partial charge in [0.05, 0.1) is 0 Å². The quantitative estimate of drug-likeness (QED) is 0.125. The molecular weight excluding hydrogens is 881 g/mol. The number of benzene rings is 6. The Bertz CT molecular complexity index is 2900. The largest absolute Gasteiger partial charge is 0.456 e. The monoisotopic (exact) mass is 971 g/mol. The van der Waals surface area contributed by atoms with Crippen LogP contribution in [-0.2, 0) is 23.7 Å². The number of allylic oxidation sites excluding steroid dienone is 8. The first-order valence-electron chi connectivity index (χ1n) is 27.6. The molecule has 0 fully saturated rings. The Labute approximate surface area is 444 Å². The molecule has 73 heavy (non-hydrogen) atoms. The molecule has 0 bridgehead atoms. The Morgan fingerprint density at radius 1 is 0.685 bits per heavy atom. The van der Waals surface area contributed by atoms with Crippen molar-refractivity contribution in [2.24, 2.45) is 0 Å². The summed E-state index contributed by atoms with van der Waals surface area (Å²) in [4.78, 5) is 0. The molecule has 1 heteroatoms. The number of para-hydroxylation sites is 1. The fourth-order valence-electron chi connectivity index (χ4n) is 9.57. The van der Waals surface area contributed by atoms with Crippen molar-refractivity contribution in [1.29, 1.82) is 0 Å². The average Bonchev–Trinajstić information content (AvgIpc) is 3.88. The van der Waals surface area contributed by atoms with Crippen LogP contribution in [0.2, 0.25) is 0 Å². The molecule has 0 radical (unpaired) electrons. The fourth-order valence-corrected chi connectivity index (χ4v) is 9.57. The first-order chi connectivity index (χ1) is 35.2. The van der Waals surface area contributed by atoms with Crippen LogP contribution >= 0.6 is 0 Å². The van der Waals surface area contributed by atoms with Gasteiger partial charge in [0.25, 0.3) is 0 Å². The molecule has 6 aromatic carbocycles. The lowest BCUT2D eigenvalue weighted by Crippen LogP contribution is -2.15. The Hall–Kier alpha value is -6.44. The molecule has 0 unspecified atom stereocenters. The third kappa shape index (κ3) is 15.8. The van der Waals surface area contributed by atoms with E-state index in [9.17, 15) is 0 Å². The van der Waals surface area contributed by atoms with E-state index < -0.39 is 0 Å². The van der Waals surface area contributed by atoms with Crippen molar-refractivity contribution in [2.75, 3.05) is 0 Å². The predicted octanol–water partition coefficient (Wildman–Crippen LogP) is 22.1. The lowest BCUT2D eigenvalue weighted by atomic mass is 9.81. The Kier molecular flexibility index (Phi) is 23.7. The molecule has 1 nitrogen and oxygen atoms in total. The third-order valence-corrected chi connectivity index (χ3v) is 13.4. The number of furan rings is 1. The third-order valence-electron chi connectivity index (χ3n) is 13.4. The molecule has 7 aromatic rings. The van der Waals surface area contributed by atoms with Crippen LogP contribution in [0.25, 0.3) is 50.4 Å². The summed E-state index contributed by atoms with van der Waals surface area (Å²) in [7, 11) is 0. The van der Waals surface area contributed by atoms with E-state index in [0.717, 1.165) is 30.6 Å². The number of hydrogen-bond acceptors (Lipinski definition) is 1. The molecule has 9 rings (SSSR count). The van der Waals surface area contributed by atoms with Gasteiger partial charge in [-0.05, 0) is 132 Å². The highest BCUT2D eigenvalue weighted by Gasteiger charge is 2.35. The molecule has 0 atom stereocenters. The van der Waals surface area contributed by atoms with E-state index in [4.69, 9.17) is 4.42 Å². The van der Waals surface area contributed by atoms with Crippen molar-refractivity contribution < 1.29 is 4.42 Å². The van der Waals surface area contributed by atoms with Crippen LogP contribution in [0.3, 0.4) is 0 Å². The normalized spacial score (nSPS) is 13.0. The lowest BCUT2D eigenvalue weighted by Gasteiger charge is -2.22. The van der Waals surface area contributed by atoms with Crippen molar-refractivity contribution in [3.8, 4) is 22.3 Å². The zero-order chi connectivity index (χ0) is 53.6. The van der Waals surface area contributed by atoms with Gasteiger partial charge in [0, 0.05) is 21.9 Å². The molecule has 0 amide bonds. The maximum absolute atomic E-state index is 6.17. The molecule has 2 aliphatic carbocycles. The van der Waals surface area contributed by atoms with Gasteiger partial charge in [-0.1, -0.05) is 277 Å². The van der Waals surface area contributed by atoms with Gasteiger partial charge < -0.3 is 4.42 Å². The first-order valence-corrected chi connectivity index (χ1v) is 27.6. The maximum Gasteiger partial charge on any atom is 0.142 e. The van der Waals surface area contributed by atoms with E-state index in [0.29, 0.717) is 0 Å². The van der Waals surface area contributed by atoms with Crippen molar-refractivity contribution in [3.05, 3.63) is 232 Å². The lowest BCUT2D eigenvalue weighted by molar-refractivity contribution is 0.590. The molecule has 0 saturated heterocycles. The van der Waals surface area contributed by atoms with Crippen molar-refractivity contribution in [1.82, 2.24) is 0 Å². The number of hydrogen-bond donors (Lipinski definition) is 0. The Morgan fingerprint density at radius 3 is 1.93 bits per heavy atom. The molecule has 0 aliphatic heterocycles. The van der Waals surface area contributed by atoms with Gasteiger partial charge in [-0.3, -0.25) is 0 Å². The van der Waals surface area contributed by atoms with Crippen LogP contribution in [-0.4, -0.2) is 0 Å². The highest BCUT2D eigenvalue weighted by Crippen LogP contribution is 2.50. The average molecular weight is 972 g/mol. The van der Waals surface area contributed by atoms with Crippen molar-refractivity contribution in [3.63, 3.8) is 0 Å². The highest BCUT2D eigenvalue weighted by molar-refractivity contribution is 5.94. The van der Waals surface area contributed by atoms with E-state index >= 15 is 0 Å².